The van der Waals surface area contributed by atoms with Gasteiger partial charge in [0.05, 0.1) is 17.8 Å². The largest absolute Gasteiger partial charge is 0.429 e. The van der Waals surface area contributed by atoms with Crippen LogP contribution in [-0.4, -0.2) is 12.2 Å². The average molecular weight is 469 g/mol. The van der Waals surface area contributed by atoms with E-state index >= 15 is 0 Å². The van der Waals surface area contributed by atoms with Crippen LogP contribution in [-0.2, 0) is 10.8 Å². The highest BCUT2D eigenvalue weighted by atomic mass is 19.3. The first-order valence-corrected chi connectivity index (χ1v) is 11.7. The van der Waals surface area contributed by atoms with Gasteiger partial charge in [0, 0.05) is 12.1 Å². The number of rotatable bonds is 7. The Bertz CT molecular complexity index is 915. The third-order valence-corrected chi connectivity index (χ3v) is 6.97. The standard InChI is InChI=1S/C26H29F5O2/c1-2-3-20-12-13-24(32-20)18-6-4-16(5-7-18)17-8-10-19(11-9-17)26(30,31)33-21-14-22(27)25(29)23(28)15-21/h8-11,14-16,18,20,24H,2-7,12-13H2,1H3. The molecule has 0 bridgehead atoms. The van der Waals surface area contributed by atoms with Crippen LogP contribution in [0, 0.1) is 23.4 Å². The first kappa shape index (κ1) is 24.0. The molecular weight excluding hydrogens is 439 g/mol. The van der Waals surface area contributed by atoms with Gasteiger partial charge in [0.15, 0.2) is 17.5 Å². The van der Waals surface area contributed by atoms with Crippen LogP contribution in [0.5, 0.6) is 5.75 Å². The van der Waals surface area contributed by atoms with E-state index < -0.39 is 34.9 Å². The van der Waals surface area contributed by atoms with E-state index in [1.807, 2.05) is 0 Å². The van der Waals surface area contributed by atoms with Crippen molar-refractivity contribution in [2.45, 2.75) is 82.5 Å². The Hall–Kier alpha value is -2.15. The monoisotopic (exact) mass is 468 g/mol. The SMILES string of the molecule is CCCC1CCC(C2CCC(c3ccc(C(F)(F)Oc4cc(F)c(F)c(F)c4)cc3)CC2)O1. The number of halogens is 5. The van der Waals surface area contributed by atoms with Crippen LogP contribution in [0.25, 0.3) is 0 Å². The molecule has 0 spiro atoms. The molecule has 180 valence electrons. The van der Waals surface area contributed by atoms with E-state index in [4.69, 9.17) is 4.74 Å². The minimum Gasteiger partial charge on any atom is -0.429 e. The quantitative estimate of drug-likeness (QED) is 0.304. The molecule has 0 radical (unpaired) electrons. The summed E-state index contributed by atoms with van der Waals surface area (Å²) in [5.41, 5.74) is 0.550. The van der Waals surface area contributed by atoms with E-state index in [9.17, 15) is 22.0 Å². The van der Waals surface area contributed by atoms with Gasteiger partial charge >= 0.3 is 6.11 Å². The first-order chi connectivity index (χ1) is 15.8. The van der Waals surface area contributed by atoms with Gasteiger partial charge in [0.2, 0.25) is 0 Å². The number of ether oxygens (including phenoxy) is 2. The minimum absolute atomic E-state index is 0.304. The predicted molar refractivity (Wildman–Crippen MR) is 115 cm³/mol. The number of alkyl halides is 2. The molecule has 33 heavy (non-hydrogen) atoms. The zero-order chi connectivity index (χ0) is 23.6. The Balaban J connectivity index is 1.34. The molecule has 2 atom stereocenters. The van der Waals surface area contributed by atoms with Crippen molar-refractivity contribution in [3.05, 3.63) is 65.0 Å². The first-order valence-electron chi connectivity index (χ1n) is 11.7. The molecule has 2 fully saturated rings. The second kappa shape index (κ2) is 10.00. The van der Waals surface area contributed by atoms with Gasteiger partial charge in [-0.05, 0) is 74.5 Å². The van der Waals surface area contributed by atoms with Gasteiger partial charge in [0.25, 0.3) is 0 Å². The maximum Gasteiger partial charge on any atom is 0.426 e. The lowest BCUT2D eigenvalue weighted by atomic mass is 9.76. The zero-order valence-corrected chi connectivity index (χ0v) is 18.6. The summed E-state index contributed by atoms with van der Waals surface area (Å²) in [5, 5.41) is 0. The Morgan fingerprint density at radius 2 is 1.55 bits per heavy atom. The van der Waals surface area contributed by atoms with Crippen LogP contribution >= 0.6 is 0 Å². The van der Waals surface area contributed by atoms with Crippen LogP contribution in [0.1, 0.15) is 75.3 Å². The van der Waals surface area contributed by atoms with Crippen LogP contribution < -0.4 is 4.74 Å². The fourth-order valence-corrected chi connectivity index (χ4v) is 5.19. The molecular formula is C26H29F5O2. The van der Waals surface area contributed by atoms with Gasteiger partial charge in [-0.1, -0.05) is 25.5 Å². The highest BCUT2D eigenvalue weighted by Crippen LogP contribution is 2.42. The third kappa shape index (κ3) is 5.51. The molecule has 1 saturated carbocycles. The number of hydrogen-bond donors (Lipinski definition) is 0. The van der Waals surface area contributed by atoms with Gasteiger partial charge in [-0.15, -0.1) is 0 Å². The second-order valence-electron chi connectivity index (χ2n) is 9.22. The Morgan fingerprint density at radius 1 is 0.909 bits per heavy atom. The molecule has 2 unspecified atom stereocenters. The summed E-state index contributed by atoms with van der Waals surface area (Å²) in [5.74, 6) is -4.82. The summed E-state index contributed by atoms with van der Waals surface area (Å²) in [6.45, 7) is 2.18. The topological polar surface area (TPSA) is 18.5 Å². The Labute approximate surface area is 191 Å². The van der Waals surface area contributed by atoms with Crippen LogP contribution in [0.15, 0.2) is 36.4 Å². The maximum atomic E-state index is 14.5. The molecule has 1 aliphatic heterocycles. The number of hydrogen-bond acceptors (Lipinski definition) is 2. The summed E-state index contributed by atoms with van der Waals surface area (Å²) < 4.78 is 79.4. The summed E-state index contributed by atoms with van der Waals surface area (Å²) in [4.78, 5) is 0. The van der Waals surface area contributed by atoms with Gasteiger partial charge in [0.1, 0.15) is 5.75 Å². The van der Waals surface area contributed by atoms with Crippen molar-refractivity contribution >= 4 is 0 Å². The smallest absolute Gasteiger partial charge is 0.426 e. The lowest BCUT2D eigenvalue weighted by molar-refractivity contribution is -0.185. The molecule has 1 aliphatic carbocycles. The van der Waals surface area contributed by atoms with Crippen molar-refractivity contribution < 1.29 is 31.4 Å². The van der Waals surface area contributed by atoms with Crippen molar-refractivity contribution in [3.63, 3.8) is 0 Å². The molecule has 0 amide bonds. The molecule has 1 heterocycles. The molecule has 0 N–H and O–H groups in total. The highest BCUT2D eigenvalue weighted by Gasteiger charge is 2.36. The van der Waals surface area contributed by atoms with Gasteiger partial charge in [-0.3, -0.25) is 0 Å². The molecule has 7 heteroatoms. The van der Waals surface area contributed by atoms with Gasteiger partial charge < -0.3 is 9.47 Å². The van der Waals surface area contributed by atoms with E-state index in [2.05, 4.69) is 11.7 Å². The van der Waals surface area contributed by atoms with Crippen molar-refractivity contribution in [2.24, 2.45) is 5.92 Å². The highest BCUT2D eigenvalue weighted by molar-refractivity contribution is 5.30. The fraction of sp³-hybridized carbons (Fsp3) is 0.538. The average Bonchev–Trinajstić information content (AvgIpc) is 3.26. The van der Waals surface area contributed by atoms with E-state index in [0.717, 1.165) is 56.9 Å². The van der Waals surface area contributed by atoms with Gasteiger partial charge in [-0.25, -0.2) is 13.2 Å². The summed E-state index contributed by atoms with van der Waals surface area (Å²) in [6, 6.07) is 6.66. The predicted octanol–water partition coefficient (Wildman–Crippen LogP) is 7.85. The molecule has 1 saturated heterocycles. The summed E-state index contributed by atoms with van der Waals surface area (Å²) in [7, 11) is 0. The van der Waals surface area contributed by atoms with E-state index in [-0.39, 0.29) is 0 Å². The van der Waals surface area contributed by atoms with E-state index in [1.165, 1.54) is 12.1 Å². The summed E-state index contributed by atoms with van der Waals surface area (Å²) in [6.07, 6.45) is 5.58. The fourth-order valence-electron chi connectivity index (χ4n) is 5.19. The van der Waals surface area contributed by atoms with E-state index in [0.29, 0.717) is 36.2 Å². The molecule has 2 aliphatic rings. The molecule has 2 aromatic rings. The van der Waals surface area contributed by atoms with Crippen molar-refractivity contribution in [1.29, 1.82) is 0 Å². The third-order valence-electron chi connectivity index (χ3n) is 6.97. The zero-order valence-electron chi connectivity index (χ0n) is 18.6. The molecule has 2 nitrogen and oxygen atoms in total. The Kier molecular flexibility index (Phi) is 7.27. The second-order valence-corrected chi connectivity index (χ2v) is 9.22. The lowest BCUT2D eigenvalue weighted by Crippen LogP contribution is -2.26. The minimum atomic E-state index is -3.82. The molecule has 0 aromatic heterocycles. The summed E-state index contributed by atoms with van der Waals surface area (Å²) >= 11 is 0. The van der Waals surface area contributed by atoms with Gasteiger partial charge in [-0.2, -0.15) is 8.78 Å². The molecule has 4 rings (SSSR count). The van der Waals surface area contributed by atoms with Crippen molar-refractivity contribution in [1.82, 2.24) is 0 Å². The number of benzene rings is 2. The maximum absolute atomic E-state index is 14.5. The lowest BCUT2D eigenvalue weighted by Gasteiger charge is -2.32. The van der Waals surface area contributed by atoms with Crippen LogP contribution in [0.3, 0.4) is 0 Å². The van der Waals surface area contributed by atoms with Crippen LogP contribution in [0.2, 0.25) is 0 Å². The van der Waals surface area contributed by atoms with Crippen molar-refractivity contribution in [3.8, 4) is 5.75 Å². The normalized spacial score (nSPS) is 25.9. The van der Waals surface area contributed by atoms with E-state index in [1.54, 1.807) is 12.1 Å². The van der Waals surface area contributed by atoms with Crippen LogP contribution in [0.4, 0.5) is 22.0 Å². The molecule has 2 aromatic carbocycles. The van der Waals surface area contributed by atoms with Crippen molar-refractivity contribution in [2.75, 3.05) is 0 Å². The Morgan fingerprint density at radius 3 is 2.15 bits per heavy atom.